The number of aromatic nitrogens is 1. The Hall–Kier alpha value is -2.16. The van der Waals surface area contributed by atoms with E-state index < -0.39 is 0 Å². The second-order valence-electron chi connectivity index (χ2n) is 4.80. The second-order valence-corrected chi connectivity index (χ2v) is 4.80. The minimum atomic E-state index is -0.0777. The van der Waals surface area contributed by atoms with Crippen molar-refractivity contribution < 1.29 is 4.79 Å². The first-order valence-electron chi connectivity index (χ1n) is 7.00. The molecule has 0 spiro atoms. The number of hydrogen-bond acceptors (Lipinski definition) is 2. The highest BCUT2D eigenvalue weighted by molar-refractivity contribution is 6.05. The zero-order chi connectivity index (χ0) is 14.5. The van der Waals surface area contributed by atoms with Crippen LogP contribution in [0.2, 0.25) is 0 Å². The van der Waals surface area contributed by atoms with Gasteiger partial charge in [-0.2, -0.15) is 0 Å². The topological polar surface area (TPSA) is 42.0 Å². The van der Waals surface area contributed by atoms with Crippen LogP contribution in [0.4, 0.5) is 5.69 Å². The SMILES string of the molecule is CCc1cccc(CC)c1NC(=O)c1ccnc(C)c1. The Morgan fingerprint density at radius 2 is 1.80 bits per heavy atom. The lowest BCUT2D eigenvalue weighted by atomic mass is 10.0. The molecule has 0 fully saturated rings. The number of hydrogen-bond donors (Lipinski definition) is 1. The molecule has 0 saturated heterocycles. The van der Waals surface area contributed by atoms with Crippen LogP contribution in [0.5, 0.6) is 0 Å². The molecule has 0 aliphatic carbocycles. The molecule has 1 amide bonds. The highest BCUT2D eigenvalue weighted by Gasteiger charge is 2.11. The van der Waals surface area contributed by atoms with Crippen LogP contribution in [-0.4, -0.2) is 10.9 Å². The number of benzene rings is 1. The molecule has 0 aliphatic heterocycles. The summed E-state index contributed by atoms with van der Waals surface area (Å²) in [5.74, 6) is -0.0777. The number of amides is 1. The Morgan fingerprint density at radius 1 is 1.15 bits per heavy atom. The molecular weight excluding hydrogens is 248 g/mol. The quantitative estimate of drug-likeness (QED) is 0.917. The summed E-state index contributed by atoms with van der Waals surface area (Å²) < 4.78 is 0. The highest BCUT2D eigenvalue weighted by Crippen LogP contribution is 2.23. The molecule has 0 aliphatic rings. The fraction of sp³-hybridized carbons (Fsp3) is 0.294. The van der Waals surface area contributed by atoms with E-state index in [1.54, 1.807) is 18.3 Å². The lowest BCUT2D eigenvalue weighted by molar-refractivity contribution is 0.102. The molecule has 3 nitrogen and oxygen atoms in total. The van der Waals surface area contributed by atoms with Crippen LogP contribution in [0, 0.1) is 6.92 Å². The number of anilines is 1. The maximum absolute atomic E-state index is 12.4. The van der Waals surface area contributed by atoms with Gasteiger partial charge in [0.15, 0.2) is 0 Å². The van der Waals surface area contributed by atoms with E-state index >= 15 is 0 Å². The van der Waals surface area contributed by atoms with Gasteiger partial charge in [0.25, 0.3) is 5.91 Å². The number of nitrogens with one attached hydrogen (secondary N) is 1. The molecule has 1 heterocycles. The Labute approximate surface area is 120 Å². The molecule has 20 heavy (non-hydrogen) atoms. The Morgan fingerprint density at radius 3 is 2.35 bits per heavy atom. The Balaban J connectivity index is 2.32. The summed E-state index contributed by atoms with van der Waals surface area (Å²) in [4.78, 5) is 16.5. The molecule has 104 valence electrons. The third kappa shape index (κ3) is 3.05. The summed E-state index contributed by atoms with van der Waals surface area (Å²) in [7, 11) is 0. The van der Waals surface area contributed by atoms with Crippen molar-refractivity contribution in [3.05, 3.63) is 58.9 Å². The van der Waals surface area contributed by atoms with Gasteiger partial charge in [0, 0.05) is 23.1 Å². The van der Waals surface area contributed by atoms with Crippen molar-refractivity contribution >= 4 is 11.6 Å². The average molecular weight is 268 g/mol. The summed E-state index contributed by atoms with van der Waals surface area (Å²) in [5.41, 5.74) is 4.78. The minimum Gasteiger partial charge on any atom is -0.321 e. The van der Waals surface area contributed by atoms with Gasteiger partial charge in [-0.3, -0.25) is 9.78 Å². The predicted octanol–water partition coefficient (Wildman–Crippen LogP) is 3.77. The molecule has 1 aromatic heterocycles. The number of para-hydroxylation sites is 1. The van der Waals surface area contributed by atoms with Crippen molar-refractivity contribution in [2.75, 3.05) is 5.32 Å². The number of carbonyl (C=O) groups excluding carboxylic acids is 1. The van der Waals surface area contributed by atoms with E-state index in [2.05, 4.69) is 36.3 Å². The first-order chi connectivity index (χ1) is 9.65. The van der Waals surface area contributed by atoms with Crippen LogP contribution < -0.4 is 5.32 Å². The lowest BCUT2D eigenvalue weighted by Gasteiger charge is -2.14. The van der Waals surface area contributed by atoms with E-state index in [4.69, 9.17) is 0 Å². The van der Waals surface area contributed by atoms with E-state index in [0.29, 0.717) is 5.56 Å². The van der Waals surface area contributed by atoms with Crippen molar-refractivity contribution in [2.45, 2.75) is 33.6 Å². The maximum Gasteiger partial charge on any atom is 0.255 e. The molecule has 0 saturated carbocycles. The molecule has 2 rings (SSSR count). The number of aryl methyl sites for hydroxylation is 3. The third-order valence-electron chi connectivity index (χ3n) is 3.40. The molecule has 1 aromatic carbocycles. The van der Waals surface area contributed by atoms with Crippen molar-refractivity contribution in [1.29, 1.82) is 0 Å². The van der Waals surface area contributed by atoms with E-state index in [1.807, 2.05) is 13.0 Å². The normalized spacial score (nSPS) is 10.3. The van der Waals surface area contributed by atoms with Crippen LogP contribution in [0.15, 0.2) is 36.5 Å². The molecule has 0 bridgehead atoms. The fourth-order valence-electron chi connectivity index (χ4n) is 2.28. The van der Waals surface area contributed by atoms with E-state index in [9.17, 15) is 4.79 Å². The van der Waals surface area contributed by atoms with Crippen molar-refractivity contribution in [2.24, 2.45) is 0 Å². The van der Waals surface area contributed by atoms with Crippen LogP contribution >= 0.6 is 0 Å². The summed E-state index contributed by atoms with van der Waals surface area (Å²) in [6.07, 6.45) is 3.47. The van der Waals surface area contributed by atoms with Gasteiger partial charge < -0.3 is 5.32 Å². The number of pyridine rings is 1. The van der Waals surface area contributed by atoms with Crippen LogP contribution in [0.3, 0.4) is 0 Å². The number of carbonyl (C=O) groups is 1. The third-order valence-corrected chi connectivity index (χ3v) is 3.40. The minimum absolute atomic E-state index is 0.0777. The smallest absolute Gasteiger partial charge is 0.255 e. The molecule has 0 unspecified atom stereocenters. The van der Waals surface area contributed by atoms with Gasteiger partial charge in [0.1, 0.15) is 0 Å². The van der Waals surface area contributed by atoms with Gasteiger partial charge in [0.05, 0.1) is 0 Å². The first kappa shape index (κ1) is 14.3. The van der Waals surface area contributed by atoms with E-state index in [1.165, 1.54) is 11.1 Å². The molecule has 0 atom stereocenters. The Bertz CT molecular complexity index is 598. The highest BCUT2D eigenvalue weighted by atomic mass is 16.1. The number of nitrogens with zero attached hydrogens (tertiary/aromatic N) is 1. The molecular formula is C17H20N2O. The van der Waals surface area contributed by atoms with Crippen LogP contribution in [0.25, 0.3) is 0 Å². The van der Waals surface area contributed by atoms with Crippen LogP contribution in [0.1, 0.15) is 41.0 Å². The van der Waals surface area contributed by atoms with Crippen LogP contribution in [-0.2, 0) is 12.8 Å². The monoisotopic (exact) mass is 268 g/mol. The van der Waals surface area contributed by atoms with Gasteiger partial charge in [0.2, 0.25) is 0 Å². The standard InChI is InChI=1S/C17H20N2O/c1-4-13-7-6-8-14(5-2)16(13)19-17(20)15-9-10-18-12(3)11-15/h6-11H,4-5H2,1-3H3,(H,19,20). The predicted molar refractivity (Wildman–Crippen MR) is 82.1 cm³/mol. The fourth-order valence-corrected chi connectivity index (χ4v) is 2.28. The van der Waals surface area contributed by atoms with Gasteiger partial charge in [-0.05, 0) is 43.0 Å². The average Bonchev–Trinajstić information content (AvgIpc) is 2.47. The molecule has 1 N–H and O–H groups in total. The zero-order valence-corrected chi connectivity index (χ0v) is 12.2. The van der Waals surface area contributed by atoms with Crippen molar-refractivity contribution in [3.8, 4) is 0 Å². The zero-order valence-electron chi connectivity index (χ0n) is 12.2. The van der Waals surface area contributed by atoms with E-state index in [-0.39, 0.29) is 5.91 Å². The van der Waals surface area contributed by atoms with Crippen molar-refractivity contribution in [3.63, 3.8) is 0 Å². The van der Waals surface area contributed by atoms with Gasteiger partial charge in [-0.1, -0.05) is 32.0 Å². The summed E-state index contributed by atoms with van der Waals surface area (Å²) in [5, 5.41) is 3.06. The lowest BCUT2D eigenvalue weighted by Crippen LogP contribution is -2.15. The summed E-state index contributed by atoms with van der Waals surface area (Å²) >= 11 is 0. The summed E-state index contributed by atoms with van der Waals surface area (Å²) in [6.45, 7) is 6.08. The second kappa shape index (κ2) is 6.33. The number of rotatable bonds is 4. The molecule has 0 radical (unpaired) electrons. The largest absolute Gasteiger partial charge is 0.321 e. The van der Waals surface area contributed by atoms with E-state index in [0.717, 1.165) is 24.2 Å². The first-order valence-corrected chi connectivity index (χ1v) is 7.00. The molecule has 3 heteroatoms. The Kier molecular flexibility index (Phi) is 4.51. The van der Waals surface area contributed by atoms with Gasteiger partial charge in [-0.25, -0.2) is 0 Å². The maximum atomic E-state index is 12.4. The molecule has 2 aromatic rings. The van der Waals surface area contributed by atoms with Gasteiger partial charge >= 0.3 is 0 Å². The van der Waals surface area contributed by atoms with Gasteiger partial charge in [-0.15, -0.1) is 0 Å². The summed E-state index contributed by atoms with van der Waals surface area (Å²) in [6, 6.07) is 9.71. The van der Waals surface area contributed by atoms with Crippen molar-refractivity contribution in [1.82, 2.24) is 4.98 Å².